The van der Waals surface area contributed by atoms with Crippen LogP contribution < -0.4 is 5.73 Å². The maximum atomic E-state index is 12.3. The highest BCUT2D eigenvalue weighted by Crippen LogP contribution is 2.35. The predicted octanol–water partition coefficient (Wildman–Crippen LogP) is 0.950. The fourth-order valence-electron chi connectivity index (χ4n) is 3.28. The van der Waals surface area contributed by atoms with Crippen molar-refractivity contribution < 1.29 is 13.2 Å². The molecule has 19 heavy (non-hydrogen) atoms. The molecule has 0 aromatic heterocycles. The Kier molecular flexibility index (Phi) is 4.50. The monoisotopic (exact) mass is 288 g/mol. The largest absolute Gasteiger partial charge is 0.370 e. The predicted molar refractivity (Wildman–Crippen MR) is 73.8 cm³/mol. The molecule has 2 fully saturated rings. The number of primary amides is 1. The molecule has 1 amide bonds. The van der Waals surface area contributed by atoms with E-state index in [-0.39, 0.29) is 11.8 Å². The van der Waals surface area contributed by atoms with E-state index >= 15 is 0 Å². The fourth-order valence-corrected chi connectivity index (χ4v) is 5.13. The minimum absolute atomic E-state index is 0.257. The van der Waals surface area contributed by atoms with Gasteiger partial charge in [0.05, 0.1) is 5.75 Å². The summed E-state index contributed by atoms with van der Waals surface area (Å²) in [5, 5.41) is 0. The molecule has 6 heteroatoms. The lowest BCUT2D eigenvalue weighted by Crippen LogP contribution is -2.43. The first-order valence-corrected chi connectivity index (χ1v) is 8.74. The van der Waals surface area contributed by atoms with E-state index in [0.29, 0.717) is 37.1 Å². The standard InChI is InChI=1S/C13H24N2O3S/c1-10-6-12(7-10)9-19(17,18)15-4-2-11(3-5-15)8-13(14)16/h10-12H,2-9H2,1H3,(H2,14,16). The molecule has 1 saturated carbocycles. The summed E-state index contributed by atoms with van der Waals surface area (Å²) in [6, 6.07) is 0. The topological polar surface area (TPSA) is 80.5 Å². The number of amides is 1. The molecule has 0 atom stereocenters. The van der Waals surface area contributed by atoms with E-state index < -0.39 is 10.0 Å². The van der Waals surface area contributed by atoms with Gasteiger partial charge in [-0.05, 0) is 43.4 Å². The Balaban J connectivity index is 1.81. The lowest BCUT2D eigenvalue weighted by atomic mass is 9.77. The molecule has 2 N–H and O–H groups in total. The molecular formula is C13H24N2O3S. The van der Waals surface area contributed by atoms with Gasteiger partial charge in [-0.25, -0.2) is 12.7 Å². The SMILES string of the molecule is CC1CC(CS(=O)(=O)N2CCC(CC(N)=O)CC2)C1. The third kappa shape index (κ3) is 3.92. The van der Waals surface area contributed by atoms with Crippen LogP contribution in [0.1, 0.15) is 39.0 Å². The minimum atomic E-state index is -3.10. The number of nitrogens with two attached hydrogens (primary N) is 1. The second-order valence-corrected chi connectivity index (χ2v) is 8.25. The number of carbonyl (C=O) groups excluding carboxylic acids is 1. The molecule has 0 radical (unpaired) electrons. The average molecular weight is 288 g/mol. The Labute approximate surface area is 115 Å². The van der Waals surface area contributed by atoms with Crippen LogP contribution in [-0.2, 0) is 14.8 Å². The van der Waals surface area contributed by atoms with Gasteiger partial charge in [-0.15, -0.1) is 0 Å². The van der Waals surface area contributed by atoms with Crippen LogP contribution in [0.25, 0.3) is 0 Å². The summed E-state index contributed by atoms with van der Waals surface area (Å²) in [5.74, 6) is 1.31. The highest BCUT2D eigenvalue weighted by atomic mass is 32.2. The molecular weight excluding hydrogens is 264 g/mol. The second-order valence-electron chi connectivity index (χ2n) is 6.23. The Morgan fingerprint density at radius 3 is 2.26 bits per heavy atom. The summed E-state index contributed by atoms with van der Waals surface area (Å²) >= 11 is 0. The van der Waals surface area contributed by atoms with E-state index in [1.165, 1.54) is 0 Å². The smallest absolute Gasteiger partial charge is 0.217 e. The van der Waals surface area contributed by atoms with Crippen molar-refractivity contribution in [1.82, 2.24) is 4.31 Å². The Morgan fingerprint density at radius 1 is 1.21 bits per heavy atom. The molecule has 1 aliphatic heterocycles. The van der Waals surface area contributed by atoms with Crippen molar-refractivity contribution in [3.8, 4) is 0 Å². The zero-order valence-corrected chi connectivity index (χ0v) is 12.4. The lowest BCUT2D eigenvalue weighted by molar-refractivity contribution is -0.119. The Bertz CT molecular complexity index is 421. The number of piperidine rings is 1. The van der Waals surface area contributed by atoms with Gasteiger partial charge in [0, 0.05) is 19.5 Å². The van der Waals surface area contributed by atoms with E-state index in [1.54, 1.807) is 4.31 Å². The summed E-state index contributed by atoms with van der Waals surface area (Å²) in [4.78, 5) is 10.9. The van der Waals surface area contributed by atoms with Crippen molar-refractivity contribution in [2.24, 2.45) is 23.5 Å². The third-order valence-electron chi connectivity index (χ3n) is 4.37. The van der Waals surface area contributed by atoms with Crippen LogP contribution in [-0.4, -0.2) is 37.5 Å². The normalized spacial score (nSPS) is 29.9. The molecule has 0 bridgehead atoms. The summed E-state index contributed by atoms with van der Waals surface area (Å²) < 4.78 is 26.1. The van der Waals surface area contributed by atoms with Gasteiger partial charge in [-0.3, -0.25) is 4.79 Å². The van der Waals surface area contributed by atoms with Crippen molar-refractivity contribution in [1.29, 1.82) is 0 Å². The van der Waals surface area contributed by atoms with Gasteiger partial charge < -0.3 is 5.73 Å². The number of nitrogens with zero attached hydrogens (tertiary/aromatic N) is 1. The van der Waals surface area contributed by atoms with E-state index in [1.807, 2.05) is 0 Å². The van der Waals surface area contributed by atoms with Gasteiger partial charge in [-0.2, -0.15) is 0 Å². The van der Waals surface area contributed by atoms with Crippen LogP contribution in [0.3, 0.4) is 0 Å². The molecule has 110 valence electrons. The number of rotatable bonds is 5. The molecule has 2 rings (SSSR count). The summed E-state index contributed by atoms with van der Waals surface area (Å²) in [6.45, 7) is 3.25. The molecule has 2 aliphatic rings. The van der Waals surface area contributed by atoms with Gasteiger partial charge in [0.2, 0.25) is 15.9 Å². The number of carbonyl (C=O) groups is 1. The zero-order valence-electron chi connectivity index (χ0n) is 11.5. The van der Waals surface area contributed by atoms with Gasteiger partial charge in [0.15, 0.2) is 0 Å². The summed E-state index contributed by atoms with van der Waals surface area (Å²) in [6.07, 6.45) is 3.97. The summed E-state index contributed by atoms with van der Waals surface area (Å²) in [7, 11) is -3.10. The minimum Gasteiger partial charge on any atom is -0.370 e. The van der Waals surface area contributed by atoms with Crippen molar-refractivity contribution >= 4 is 15.9 Å². The van der Waals surface area contributed by atoms with Crippen molar-refractivity contribution in [3.63, 3.8) is 0 Å². The number of hydrogen-bond acceptors (Lipinski definition) is 3. The maximum Gasteiger partial charge on any atom is 0.217 e. The second kappa shape index (κ2) is 5.79. The van der Waals surface area contributed by atoms with Gasteiger partial charge in [0.25, 0.3) is 0 Å². The molecule has 0 spiro atoms. The number of hydrogen-bond donors (Lipinski definition) is 1. The summed E-state index contributed by atoms with van der Waals surface area (Å²) in [5.41, 5.74) is 5.18. The van der Waals surface area contributed by atoms with Crippen LogP contribution in [0, 0.1) is 17.8 Å². The Morgan fingerprint density at radius 2 is 1.79 bits per heavy atom. The molecule has 1 heterocycles. The average Bonchev–Trinajstić information content (AvgIpc) is 2.26. The highest BCUT2D eigenvalue weighted by molar-refractivity contribution is 7.89. The van der Waals surface area contributed by atoms with Gasteiger partial charge in [-0.1, -0.05) is 6.92 Å². The first-order chi connectivity index (χ1) is 8.87. The third-order valence-corrected chi connectivity index (χ3v) is 6.42. The zero-order chi connectivity index (χ0) is 14.0. The molecule has 0 aromatic carbocycles. The van der Waals surface area contributed by atoms with Crippen molar-refractivity contribution in [2.75, 3.05) is 18.8 Å². The fraction of sp³-hybridized carbons (Fsp3) is 0.923. The van der Waals surface area contributed by atoms with E-state index in [4.69, 9.17) is 5.73 Å². The van der Waals surface area contributed by atoms with Gasteiger partial charge in [0.1, 0.15) is 0 Å². The van der Waals surface area contributed by atoms with E-state index in [2.05, 4.69) is 6.92 Å². The molecule has 5 nitrogen and oxygen atoms in total. The van der Waals surface area contributed by atoms with E-state index in [0.717, 1.165) is 25.7 Å². The van der Waals surface area contributed by atoms with Crippen molar-refractivity contribution in [3.05, 3.63) is 0 Å². The van der Waals surface area contributed by atoms with Crippen LogP contribution in [0.2, 0.25) is 0 Å². The first-order valence-electron chi connectivity index (χ1n) is 7.13. The van der Waals surface area contributed by atoms with Crippen LogP contribution in [0.4, 0.5) is 0 Å². The highest BCUT2D eigenvalue weighted by Gasteiger charge is 2.34. The molecule has 0 aromatic rings. The quantitative estimate of drug-likeness (QED) is 0.818. The van der Waals surface area contributed by atoms with E-state index in [9.17, 15) is 13.2 Å². The Hall–Kier alpha value is -0.620. The van der Waals surface area contributed by atoms with Crippen molar-refractivity contribution in [2.45, 2.75) is 39.0 Å². The first kappa shape index (κ1) is 14.8. The van der Waals surface area contributed by atoms with Crippen LogP contribution in [0.5, 0.6) is 0 Å². The lowest BCUT2D eigenvalue weighted by Gasteiger charge is -2.36. The molecule has 1 saturated heterocycles. The van der Waals surface area contributed by atoms with Gasteiger partial charge >= 0.3 is 0 Å². The maximum absolute atomic E-state index is 12.3. The molecule has 0 unspecified atom stereocenters. The van der Waals surface area contributed by atoms with Crippen LogP contribution in [0.15, 0.2) is 0 Å². The van der Waals surface area contributed by atoms with Crippen LogP contribution >= 0.6 is 0 Å². The number of sulfonamides is 1. The molecule has 1 aliphatic carbocycles.